The lowest BCUT2D eigenvalue weighted by molar-refractivity contribution is 0.230. The van der Waals surface area contributed by atoms with Gasteiger partial charge in [-0.25, -0.2) is 9.97 Å². The van der Waals surface area contributed by atoms with Gasteiger partial charge in [-0.15, -0.1) is 0 Å². The van der Waals surface area contributed by atoms with Gasteiger partial charge in [-0.2, -0.15) is 0 Å². The maximum absolute atomic E-state index is 9.37. The van der Waals surface area contributed by atoms with E-state index >= 15 is 0 Å². The Morgan fingerprint density at radius 1 is 0.714 bits per heavy atom. The molecule has 2 aromatic heterocycles. The van der Waals surface area contributed by atoms with Gasteiger partial charge >= 0.3 is 0 Å². The summed E-state index contributed by atoms with van der Waals surface area (Å²) in [7, 11) is 3.19. The number of aliphatic hydroxyl groups excluding tert-OH is 2. The number of nitrogens with zero attached hydrogens (tertiary/aromatic N) is 2. The van der Waals surface area contributed by atoms with Gasteiger partial charge in [0.05, 0.1) is 42.3 Å². The Labute approximate surface area is 257 Å². The molecule has 3 N–H and O–H groups in total. The number of hydrogen-bond donors (Lipinski definition) is 3. The zero-order chi connectivity index (χ0) is 30.2. The number of hydrogen-bond acceptors (Lipinski definition) is 7. The fraction of sp³-hybridized carbons (Fsp3) is 0.333. The second kappa shape index (κ2) is 14.8. The summed E-state index contributed by atoms with van der Waals surface area (Å²) >= 11 is 14.0. The largest absolute Gasteiger partial charge is 0.481 e. The molecule has 42 heavy (non-hydrogen) atoms. The van der Waals surface area contributed by atoms with E-state index in [2.05, 4.69) is 5.32 Å². The highest BCUT2D eigenvalue weighted by Crippen LogP contribution is 2.42. The third kappa shape index (κ3) is 7.22. The number of aryl methyl sites for hydroxylation is 1. The highest BCUT2D eigenvalue weighted by Gasteiger charge is 2.18. The minimum Gasteiger partial charge on any atom is -0.481 e. The number of halogens is 2. The molecule has 2 heterocycles. The molecule has 0 unspecified atom stereocenters. The van der Waals surface area contributed by atoms with Crippen molar-refractivity contribution in [3.05, 3.63) is 81.8 Å². The van der Waals surface area contributed by atoms with Crippen LogP contribution < -0.4 is 14.8 Å². The van der Waals surface area contributed by atoms with Gasteiger partial charge in [0.2, 0.25) is 11.8 Å². The van der Waals surface area contributed by atoms with Crippen LogP contribution in [0.1, 0.15) is 31.4 Å². The first-order valence-corrected chi connectivity index (χ1v) is 14.7. The van der Waals surface area contributed by atoms with Crippen LogP contribution in [0, 0.1) is 5.92 Å². The van der Waals surface area contributed by atoms with E-state index in [1.54, 1.807) is 14.2 Å². The van der Waals surface area contributed by atoms with E-state index in [4.69, 9.17) is 42.6 Å². The van der Waals surface area contributed by atoms with E-state index in [0.717, 1.165) is 46.2 Å². The molecule has 2 atom stereocenters. The van der Waals surface area contributed by atoms with Crippen LogP contribution in [0.5, 0.6) is 11.8 Å². The summed E-state index contributed by atoms with van der Waals surface area (Å²) in [5.74, 6) is 1.23. The lowest BCUT2D eigenvalue weighted by Gasteiger charge is -2.16. The molecule has 222 valence electrons. The Balaban J connectivity index is 1.68. The Hall–Kier alpha value is -3.20. The maximum Gasteiger partial charge on any atom is 0.218 e. The molecule has 0 saturated carbocycles. The summed E-state index contributed by atoms with van der Waals surface area (Å²) in [6, 6.07) is 19.3. The normalized spacial score (nSPS) is 12.7. The van der Waals surface area contributed by atoms with Gasteiger partial charge in [-0.3, -0.25) is 0 Å². The molecule has 0 saturated heterocycles. The van der Waals surface area contributed by atoms with Gasteiger partial charge in [-0.05, 0) is 37.8 Å². The first-order chi connectivity index (χ1) is 20.3. The van der Waals surface area contributed by atoms with Crippen molar-refractivity contribution in [2.45, 2.75) is 39.3 Å². The number of benzene rings is 2. The molecule has 0 aliphatic heterocycles. The van der Waals surface area contributed by atoms with E-state index in [9.17, 15) is 10.2 Å². The van der Waals surface area contributed by atoms with E-state index in [-0.39, 0.29) is 25.2 Å². The monoisotopic (exact) mass is 609 g/mol. The molecule has 4 rings (SSSR count). The Morgan fingerprint density at radius 2 is 1.21 bits per heavy atom. The Morgan fingerprint density at radius 3 is 1.71 bits per heavy atom. The van der Waals surface area contributed by atoms with Crippen LogP contribution in [-0.2, 0) is 13.0 Å². The average Bonchev–Trinajstić information content (AvgIpc) is 3.02. The zero-order valence-electron chi connectivity index (χ0n) is 24.3. The van der Waals surface area contributed by atoms with Crippen LogP contribution >= 0.6 is 23.2 Å². The van der Waals surface area contributed by atoms with Crippen LogP contribution in [0.25, 0.3) is 33.6 Å². The van der Waals surface area contributed by atoms with Gasteiger partial charge in [0.25, 0.3) is 0 Å². The highest BCUT2D eigenvalue weighted by molar-refractivity contribution is 6.39. The summed E-state index contributed by atoms with van der Waals surface area (Å²) < 4.78 is 11.2. The number of ether oxygens (including phenoxy) is 2. The molecule has 0 radical (unpaired) electrons. The van der Waals surface area contributed by atoms with E-state index in [0.29, 0.717) is 39.7 Å². The lowest BCUT2D eigenvalue weighted by atomic mass is 9.97. The Bertz CT molecular complexity index is 1400. The first kappa shape index (κ1) is 31.7. The average molecular weight is 611 g/mol. The van der Waals surface area contributed by atoms with Crippen LogP contribution in [0.2, 0.25) is 10.0 Å². The molecule has 0 spiro atoms. The molecule has 0 amide bonds. The molecule has 4 aromatic rings. The molecule has 0 aliphatic carbocycles. The minimum atomic E-state index is -0.0454. The highest BCUT2D eigenvalue weighted by atomic mass is 35.5. The van der Waals surface area contributed by atoms with Crippen molar-refractivity contribution in [3.8, 4) is 45.4 Å². The topological polar surface area (TPSA) is 96.7 Å². The fourth-order valence-electron chi connectivity index (χ4n) is 4.63. The number of rotatable bonds is 13. The molecule has 0 aliphatic rings. The zero-order valence-corrected chi connectivity index (χ0v) is 25.8. The summed E-state index contributed by atoms with van der Waals surface area (Å²) in [5, 5.41) is 23.0. The molecule has 0 fully saturated rings. The minimum absolute atomic E-state index is 0.0413. The molecule has 0 bridgehead atoms. The van der Waals surface area contributed by atoms with Gasteiger partial charge < -0.3 is 25.0 Å². The number of methoxy groups -OCH3 is 2. The van der Waals surface area contributed by atoms with Gasteiger partial charge in [0, 0.05) is 52.6 Å². The van der Waals surface area contributed by atoms with Crippen LogP contribution in [0.15, 0.2) is 60.7 Å². The molecular weight excluding hydrogens is 573 g/mol. The first-order valence-electron chi connectivity index (χ1n) is 13.9. The van der Waals surface area contributed by atoms with Crippen molar-refractivity contribution in [1.82, 2.24) is 15.3 Å². The van der Waals surface area contributed by atoms with E-state index < -0.39 is 0 Å². The Kier molecular flexibility index (Phi) is 11.2. The quantitative estimate of drug-likeness (QED) is 0.153. The second-order valence-corrected chi connectivity index (χ2v) is 11.1. The third-order valence-corrected chi connectivity index (χ3v) is 8.05. The number of nitrogens with one attached hydrogen (secondary N) is 1. The maximum atomic E-state index is 9.37. The van der Waals surface area contributed by atoms with Crippen molar-refractivity contribution in [1.29, 1.82) is 0 Å². The second-order valence-electron chi connectivity index (χ2n) is 10.4. The molecule has 7 nitrogen and oxygen atoms in total. The SMILES string of the molecule is COc1nc(-c2cccc(-c3cccc(-c4ccc(CN[C@H](C)CO)c(OC)n4)c3Cl)c2Cl)ccc1CC[C@H](C)CO. The summed E-state index contributed by atoms with van der Waals surface area (Å²) in [4.78, 5) is 9.49. The standard InChI is InChI=1S/C33H37Cl2N3O4/c1-20(18-39)11-12-22-13-15-28(37-32(22)41-3)26-9-5-7-24(30(26)34)25-8-6-10-27(31(25)35)29-16-14-23(33(38-29)42-4)17-36-21(2)19-40/h5-10,13-16,20-21,36,39-40H,11-12,17-19H2,1-4H3/t20-,21+/m0/s1. The number of aliphatic hydroxyl groups is 2. The number of pyridine rings is 2. The number of aromatic nitrogens is 2. The van der Waals surface area contributed by atoms with E-state index in [1.165, 1.54) is 0 Å². The van der Waals surface area contributed by atoms with Gasteiger partial charge in [-0.1, -0.05) is 78.7 Å². The van der Waals surface area contributed by atoms with Crippen molar-refractivity contribution in [2.24, 2.45) is 5.92 Å². The van der Waals surface area contributed by atoms with Crippen LogP contribution in [0.4, 0.5) is 0 Å². The van der Waals surface area contributed by atoms with Crippen molar-refractivity contribution < 1.29 is 19.7 Å². The fourth-order valence-corrected chi connectivity index (χ4v) is 5.28. The van der Waals surface area contributed by atoms with Crippen molar-refractivity contribution in [3.63, 3.8) is 0 Å². The van der Waals surface area contributed by atoms with E-state index in [1.807, 2.05) is 74.5 Å². The predicted molar refractivity (Wildman–Crippen MR) is 169 cm³/mol. The molecule has 2 aromatic carbocycles. The predicted octanol–water partition coefficient (Wildman–Crippen LogP) is 6.83. The van der Waals surface area contributed by atoms with Crippen LogP contribution in [-0.4, -0.2) is 53.7 Å². The van der Waals surface area contributed by atoms with Crippen molar-refractivity contribution in [2.75, 3.05) is 27.4 Å². The summed E-state index contributed by atoms with van der Waals surface area (Å²) in [6.45, 7) is 4.62. The summed E-state index contributed by atoms with van der Waals surface area (Å²) in [6.07, 6.45) is 1.59. The lowest BCUT2D eigenvalue weighted by Crippen LogP contribution is -2.28. The molecular formula is C33H37Cl2N3O4. The summed E-state index contributed by atoms with van der Waals surface area (Å²) in [5.41, 5.74) is 6.27. The van der Waals surface area contributed by atoms with Crippen LogP contribution in [0.3, 0.4) is 0 Å². The molecule has 9 heteroatoms. The van der Waals surface area contributed by atoms with Crippen molar-refractivity contribution >= 4 is 23.2 Å². The van der Waals surface area contributed by atoms with Gasteiger partial charge in [0.15, 0.2) is 0 Å². The smallest absolute Gasteiger partial charge is 0.218 e. The third-order valence-electron chi connectivity index (χ3n) is 7.24. The van der Waals surface area contributed by atoms with Gasteiger partial charge in [0.1, 0.15) is 0 Å².